The molecule has 0 atom stereocenters. The first kappa shape index (κ1) is 7.53. The Labute approximate surface area is 69.2 Å². The zero-order valence-corrected chi connectivity index (χ0v) is 6.48. The fourth-order valence-electron chi connectivity index (χ4n) is 1.29. The fraction of sp³-hybridized carbons (Fsp3) is 0.333. The van der Waals surface area contributed by atoms with Crippen molar-refractivity contribution in [3.63, 3.8) is 0 Å². The molecule has 2 N–H and O–H groups in total. The van der Waals surface area contributed by atoms with Crippen molar-refractivity contribution in [1.82, 2.24) is 0 Å². The lowest BCUT2D eigenvalue weighted by atomic mass is 10.1. The van der Waals surface area contributed by atoms with E-state index < -0.39 is 11.6 Å². The Morgan fingerprint density at radius 3 is 2.42 bits per heavy atom. The molecule has 0 heterocycles. The third kappa shape index (κ3) is 1.05. The zero-order chi connectivity index (χ0) is 8.72. The van der Waals surface area contributed by atoms with E-state index in [-0.39, 0.29) is 11.6 Å². The molecule has 2 rings (SSSR count). The number of benzene rings is 1. The van der Waals surface area contributed by atoms with E-state index in [1.54, 1.807) is 6.07 Å². The second-order valence-electron chi connectivity index (χ2n) is 3.15. The first-order valence-corrected chi connectivity index (χ1v) is 3.93. The molecular weight excluding hydrogens is 160 g/mol. The lowest BCUT2D eigenvalue weighted by Gasteiger charge is -2.03. The third-order valence-electron chi connectivity index (χ3n) is 2.16. The summed E-state index contributed by atoms with van der Waals surface area (Å²) in [5.41, 5.74) is 5.55. The van der Waals surface area contributed by atoms with Crippen LogP contribution in [0.2, 0.25) is 0 Å². The highest BCUT2D eigenvalue weighted by atomic mass is 19.2. The van der Waals surface area contributed by atoms with Gasteiger partial charge < -0.3 is 5.73 Å². The predicted octanol–water partition coefficient (Wildman–Crippen LogP) is 2.42. The average molecular weight is 169 g/mol. The van der Waals surface area contributed by atoms with Crippen molar-refractivity contribution in [3.8, 4) is 0 Å². The van der Waals surface area contributed by atoms with E-state index in [9.17, 15) is 8.78 Å². The highest BCUT2D eigenvalue weighted by molar-refractivity contribution is 5.44. The number of nitrogens with two attached hydrogens (primary N) is 1. The second kappa shape index (κ2) is 2.44. The Morgan fingerprint density at radius 1 is 1.17 bits per heavy atom. The van der Waals surface area contributed by atoms with E-state index in [1.807, 2.05) is 0 Å². The van der Waals surface area contributed by atoms with Gasteiger partial charge in [0.1, 0.15) is 0 Å². The molecule has 1 fully saturated rings. The average Bonchev–Trinajstić information content (AvgIpc) is 2.84. The Morgan fingerprint density at radius 2 is 1.83 bits per heavy atom. The van der Waals surface area contributed by atoms with E-state index in [0.717, 1.165) is 12.8 Å². The van der Waals surface area contributed by atoms with Crippen LogP contribution < -0.4 is 5.73 Å². The monoisotopic (exact) mass is 169 g/mol. The molecule has 0 unspecified atom stereocenters. The van der Waals surface area contributed by atoms with Gasteiger partial charge in [-0.1, -0.05) is 6.07 Å². The number of hydrogen-bond donors (Lipinski definition) is 1. The largest absolute Gasteiger partial charge is 0.396 e. The highest BCUT2D eigenvalue weighted by Gasteiger charge is 2.28. The normalized spacial score (nSPS) is 16.5. The van der Waals surface area contributed by atoms with Crippen LogP contribution in [0.1, 0.15) is 24.3 Å². The summed E-state index contributed by atoms with van der Waals surface area (Å²) in [6.07, 6.45) is 1.92. The van der Waals surface area contributed by atoms with Gasteiger partial charge in [-0.05, 0) is 30.4 Å². The lowest BCUT2D eigenvalue weighted by Crippen LogP contribution is -1.97. The second-order valence-corrected chi connectivity index (χ2v) is 3.15. The molecule has 1 aromatic rings. The van der Waals surface area contributed by atoms with Crippen LogP contribution in [-0.2, 0) is 0 Å². The van der Waals surface area contributed by atoms with Gasteiger partial charge in [0.15, 0.2) is 11.6 Å². The van der Waals surface area contributed by atoms with Gasteiger partial charge in [-0.2, -0.15) is 0 Å². The molecule has 0 bridgehead atoms. The minimum absolute atomic E-state index is 0.114. The Kier molecular flexibility index (Phi) is 1.53. The van der Waals surface area contributed by atoms with Crippen LogP contribution in [0.5, 0.6) is 0 Å². The summed E-state index contributed by atoms with van der Waals surface area (Å²) >= 11 is 0. The molecule has 1 saturated carbocycles. The molecule has 0 amide bonds. The van der Waals surface area contributed by atoms with Crippen LogP contribution in [0.15, 0.2) is 12.1 Å². The first-order valence-electron chi connectivity index (χ1n) is 3.93. The van der Waals surface area contributed by atoms with Gasteiger partial charge in [0.05, 0.1) is 5.69 Å². The molecule has 0 saturated heterocycles. The van der Waals surface area contributed by atoms with Crippen LogP contribution in [0, 0.1) is 11.6 Å². The summed E-state index contributed by atoms with van der Waals surface area (Å²) in [5, 5.41) is 0. The number of rotatable bonds is 1. The van der Waals surface area contributed by atoms with Gasteiger partial charge in [-0.15, -0.1) is 0 Å². The quantitative estimate of drug-likeness (QED) is 0.642. The zero-order valence-electron chi connectivity index (χ0n) is 6.48. The standard InChI is InChI=1S/C9H9F2N/c10-8-6(5-1-2-5)3-4-7(12)9(8)11/h3-5H,1-2,12H2. The number of anilines is 1. The van der Waals surface area contributed by atoms with E-state index in [2.05, 4.69) is 0 Å². The van der Waals surface area contributed by atoms with Crippen molar-refractivity contribution in [1.29, 1.82) is 0 Å². The van der Waals surface area contributed by atoms with Crippen LogP contribution in [-0.4, -0.2) is 0 Å². The molecule has 0 spiro atoms. The van der Waals surface area contributed by atoms with Crippen LogP contribution in [0.25, 0.3) is 0 Å². The number of nitrogen functional groups attached to an aromatic ring is 1. The molecule has 0 radical (unpaired) electrons. The predicted molar refractivity (Wildman–Crippen MR) is 42.7 cm³/mol. The van der Waals surface area contributed by atoms with E-state index >= 15 is 0 Å². The topological polar surface area (TPSA) is 26.0 Å². The maximum atomic E-state index is 13.1. The Balaban J connectivity index is 2.49. The summed E-state index contributed by atoms with van der Waals surface area (Å²) < 4.78 is 26.0. The smallest absolute Gasteiger partial charge is 0.181 e. The van der Waals surface area contributed by atoms with E-state index in [4.69, 9.17) is 5.73 Å². The minimum Gasteiger partial charge on any atom is -0.396 e. The highest BCUT2D eigenvalue weighted by Crippen LogP contribution is 2.42. The molecule has 1 nitrogen and oxygen atoms in total. The number of halogens is 2. The van der Waals surface area contributed by atoms with Crippen LogP contribution >= 0.6 is 0 Å². The fourth-order valence-corrected chi connectivity index (χ4v) is 1.29. The molecular formula is C9H9F2N. The lowest BCUT2D eigenvalue weighted by molar-refractivity contribution is 0.502. The third-order valence-corrected chi connectivity index (χ3v) is 2.16. The van der Waals surface area contributed by atoms with Crippen molar-refractivity contribution in [2.45, 2.75) is 18.8 Å². The summed E-state index contributed by atoms with van der Waals surface area (Å²) in [5.74, 6) is -1.45. The van der Waals surface area contributed by atoms with Gasteiger partial charge in [-0.3, -0.25) is 0 Å². The van der Waals surface area contributed by atoms with Gasteiger partial charge >= 0.3 is 0 Å². The van der Waals surface area contributed by atoms with Crippen LogP contribution in [0.4, 0.5) is 14.5 Å². The minimum atomic E-state index is -0.903. The van der Waals surface area contributed by atoms with Gasteiger partial charge in [-0.25, -0.2) is 8.78 Å². The van der Waals surface area contributed by atoms with Crippen molar-refractivity contribution in [3.05, 3.63) is 29.3 Å². The summed E-state index contributed by atoms with van der Waals surface area (Å²) in [6.45, 7) is 0. The Hall–Kier alpha value is -1.12. The van der Waals surface area contributed by atoms with Crippen molar-refractivity contribution < 1.29 is 8.78 Å². The molecule has 64 valence electrons. The van der Waals surface area contributed by atoms with E-state index in [0.29, 0.717) is 5.56 Å². The maximum absolute atomic E-state index is 13.1. The SMILES string of the molecule is Nc1ccc(C2CC2)c(F)c1F. The molecule has 1 aliphatic rings. The molecule has 12 heavy (non-hydrogen) atoms. The molecule has 0 aromatic heterocycles. The van der Waals surface area contributed by atoms with Gasteiger partial charge in [0.2, 0.25) is 0 Å². The summed E-state index contributed by atoms with van der Waals surface area (Å²) in [7, 11) is 0. The molecule has 3 heteroatoms. The maximum Gasteiger partial charge on any atom is 0.181 e. The van der Waals surface area contributed by atoms with Crippen molar-refractivity contribution in [2.75, 3.05) is 5.73 Å². The number of hydrogen-bond acceptors (Lipinski definition) is 1. The Bertz CT molecular complexity index is 319. The van der Waals surface area contributed by atoms with Crippen LogP contribution in [0.3, 0.4) is 0 Å². The first-order chi connectivity index (χ1) is 5.70. The molecule has 1 aromatic carbocycles. The summed E-state index contributed by atoms with van der Waals surface area (Å²) in [6, 6.07) is 3.00. The molecule has 1 aliphatic carbocycles. The summed E-state index contributed by atoms with van der Waals surface area (Å²) in [4.78, 5) is 0. The molecule has 0 aliphatic heterocycles. The van der Waals surface area contributed by atoms with Gasteiger partial charge in [0, 0.05) is 0 Å². The van der Waals surface area contributed by atoms with E-state index in [1.165, 1.54) is 6.07 Å². The van der Waals surface area contributed by atoms with Crippen molar-refractivity contribution in [2.24, 2.45) is 0 Å². The van der Waals surface area contributed by atoms with Crippen molar-refractivity contribution >= 4 is 5.69 Å². The van der Waals surface area contributed by atoms with Gasteiger partial charge in [0.25, 0.3) is 0 Å².